The Bertz CT molecular complexity index is 686. The van der Waals surface area contributed by atoms with E-state index in [-0.39, 0.29) is 6.03 Å². The summed E-state index contributed by atoms with van der Waals surface area (Å²) in [5, 5.41) is 6.37. The van der Waals surface area contributed by atoms with Crippen LogP contribution >= 0.6 is 11.6 Å². The largest absolute Gasteiger partial charge is 0.378 e. The summed E-state index contributed by atoms with van der Waals surface area (Å²) in [4.78, 5) is 18.4. The number of amides is 2. The lowest BCUT2D eigenvalue weighted by Crippen LogP contribution is -2.37. The molecule has 1 saturated heterocycles. The third-order valence-corrected chi connectivity index (χ3v) is 4.23. The third kappa shape index (κ3) is 5.11. The van der Waals surface area contributed by atoms with E-state index in [0.29, 0.717) is 30.5 Å². The van der Waals surface area contributed by atoms with Crippen LogP contribution in [0.3, 0.4) is 0 Å². The van der Waals surface area contributed by atoms with Gasteiger partial charge in [-0.3, -0.25) is 0 Å². The number of urea groups is 1. The maximum Gasteiger partial charge on any atom is 0.319 e. The first-order chi connectivity index (χ1) is 12.2. The molecule has 8 heteroatoms. The van der Waals surface area contributed by atoms with Crippen molar-refractivity contribution in [1.29, 1.82) is 0 Å². The fourth-order valence-electron chi connectivity index (χ4n) is 2.74. The molecule has 0 radical (unpaired) electrons. The van der Waals surface area contributed by atoms with E-state index in [1.54, 1.807) is 18.6 Å². The van der Waals surface area contributed by atoms with E-state index in [1.807, 2.05) is 22.9 Å². The predicted molar refractivity (Wildman–Crippen MR) is 98.3 cm³/mol. The summed E-state index contributed by atoms with van der Waals surface area (Å²) in [6, 6.07) is 5.31. The zero-order valence-corrected chi connectivity index (χ0v) is 14.7. The number of morpholine rings is 1. The first kappa shape index (κ1) is 17.6. The highest BCUT2D eigenvalue weighted by atomic mass is 35.5. The fraction of sp³-hybridized carbons (Fsp3) is 0.412. The fourth-order valence-corrected chi connectivity index (χ4v) is 2.91. The predicted octanol–water partition coefficient (Wildman–Crippen LogP) is 2.58. The van der Waals surface area contributed by atoms with Gasteiger partial charge in [-0.1, -0.05) is 11.6 Å². The summed E-state index contributed by atoms with van der Waals surface area (Å²) in [7, 11) is 0. The molecule has 0 saturated carbocycles. The lowest BCUT2D eigenvalue weighted by Gasteiger charge is -2.30. The summed E-state index contributed by atoms with van der Waals surface area (Å²) in [5.41, 5.74) is 1.67. The average Bonchev–Trinajstić information content (AvgIpc) is 3.13. The van der Waals surface area contributed by atoms with Crippen molar-refractivity contribution in [2.24, 2.45) is 0 Å². The van der Waals surface area contributed by atoms with Crippen LogP contribution in [0.4, 0.5) is 16.2 Å². The van der Waals surface area contributed by atoms with Crippen LogP contribution in [-0.4, -0.2) is 48.4 Å². The number of benzene rings is 1. The summed E-state index contributed by atoms with van der Waals surface area (Å²) in [6.07, 6.45) is 6.24. The number of hydrogen-bond donors (Lipinski definition) is 2. The highest BCUT2D eigenvalue weighted by Gasteiger charge is 2.16. The van der Waals surface area contributed by atoms with E-state index >= 15 is 0 Å². The van der Waals surface area contributed by atoms with Crippen molar-refractivity contribution in [2.45, 2.75) is 13.0 Å². The second kappa shape index (κ2) is 8.73. The molecule has 2 N–H and O–H groups in total. The molecular formula is C17H22ClN5O2. The molecule has 2 aromatic rings. The van der Waals surface area contributed by atoms with Gasteiger partial charge in [-0.15, -0.1) is 0 Å². The molecule has 7 nitrogen and oxygen atoms in total. The van der Waals surface area contributed by atoms with Crippen LogP contribution < -0.4 is 15.5 Å². The van der Waals surface area contributed by atoms with Crippen molar-refractivity contribution >= 4 is 29.0 Å². The summed E-state index contributed by atoms with van der Waals surface area (Å²) in [5.74, 6) is 0. The first-order valence-corrected chi connectivity index (χ1v) is 8.73. The van der Waals surface area contributed by atoms with Gasteiger partial charge < -0.3 is 24.8 Å². The van der Waals surface area contributed by atoms with E-state index in [2.05, 4.69) is 20.5 Å². The van der Waals surface area contributed by atoms with Crippen LogP contribution in [0, 0.1) is 0 Å². The number of hydrogen-bond acceptors (Lipinski definition) is 4. The zero-order valence-electron chi connectivity index (χ0n) is 13.9. The number of nitrogens with one attached hydrogen (secondary N) is 2. The molecule has 2 heterocycles. The molecule has 2 amide bonds. The van der Waals surface area contributed by atoms with Crippen molar-refractivity contribution < 1.29 is 9.53 Å². The van der Waals surface area contributed by atoms with E-state index in [9.17, 15) is 4.79 Å². The summed E-state index contributed by atoms with van der Waals surface area (Å²) < 4.78 is 7.37. The van der Waals surface area contributed by atoms with Crippen molar-refractivity contribution in [1.82, 2.24) is 14.9 Å². The van der Waals surface area contributed by atoms with Crippen molar-refractivity contribution in [2.75, 3.05) is 43.1 Å². The Labute approximate surface area is 151 Å². The Kier molecular flexibility index (Phi) is 6.14. The minimum Gasteiger partial charge on any atom is -0.378 e. The quantitative estimate of drug-likeness (QED) is 0.774. The van der Waals surface area contributed by atoms with Crippen LogP contribution in [0.25, 0.3) is 0 Å². The second-order valence-corrected chi connectivity index (χ2v) is 6.23. The Morgan fingerprint density at radius 1 is 1.32 bits per heavy atom. The summed E-state index contributed by atoms with van der Waals surface area (Å²) >= 11 is 6.10. The molecule has 1 aliphatic rings. The number of carbonyl (C=O) groups is 1. The number of aryl methyl sites for hydroxylation is 1. The SMILES string of the molecule is O=C(NCCCn1ccnc1)Nc1cc(Cl)ccc1N1CCOCC1. The number of anilines is 2. The van der Waals surface area contributed by atoms with Gasteiger partial charge in [0.15, 0.2) is 0 Å². The topological polar surface area (TPSA) is 71.4 Å². The molecule has 1 fully saturated rings. The van der Waals surface area contributed by atoms with Crippen LogP contribution in [0.1, 0.15) is 6.42 Å². The van der Waals surface area contributed by atoms with Gasteiger partial charge in [0.2, 0.25) is 0 Å². The second-order valence-electron chi connectivity index (χ2n) is 5.80. The molecule has 0 aliphatic carbocycles. The molecule has 0 bridgehead atoms. The van der Waals surface area contributed by atoms with Crippen molar-refractivity contribution in [3.8, 4) is 0 Å². The number of imidazole rings is 1. The highest BCUT2D eigenvalue weighted by Crippen LogP contribution is 2.29. The Morgan fingerprint density at radius 2 is 2.16 bits per heavy atom. The maximum absolute atomic E-state index is 12.2. The Morgan fingerprint density at radius 3 is 2.92 bits per heavy atom. The number of halogens is 1. The standard InChI is InChI=1S/C17H22ClN5O2/c18-14-2-3-16(23-8-10-25-11-9-23)15(12-14)21-17(24)20-4-1-6-22-7-5-19-13-22/h2-3,5,7,12-13H,1,4,6,8-11H2,(H2,20,21,24). The summed E-state index contributed by atoms with van der Waals surface area (Å²) in [6.45, 7) is 4.35. The van der Waals surface area contributed by atoms with Gasteiger partial charge in [0.1, 0.15) is 0 Å². The third-order valence-electron chi connectivity index (χ3n) is 4.00. The minimum atomic E-state index is -0.234. The molecule has 0 spiro atoms. The highest BCUT2D eigenvalue weighted by molar-refractivity contribution is 6.31. The number of nitrogens with zero attached hydrogens (tertiary/aromatic N) is 3. The van der Waals surface area contributed by atoms with Crippen molar-refractivity contribution in [3.63, 3.8) is 0 Å². The smallest absolute Gasteiger partial charge is 0.319 e. The van der Waals surface area contributed by atoms with Crippen LogP contribution in [-0.2, 0) is 11.3 Å². The minimum absolute atomic E-state index is 0.234. The van der Waals surface area contributed by atoms with Gasteiger partial charge in [0.25, 0.3) is 0 Å². The molecule has 0 atom stereocenters. The zero-order chi connectivity index (χ0) is 17.5. The molecule has 1 aromatic carbocycles. The van der Waals surface area contributed by atoms with Gasteiger partial charge in [-0.2, -0.15) is 0 Å². The number of carbonyl (C=O) groups excluding carboxylic acids is 1. The Balaban J connectivity index is 1.53. The Hall–Kier alpha value is -2.25. The van der Waals surface area contributed by atoms with E-state index < -0.39 is 0 Å². The molecule has 1 aliphatic heterocycles. The van der Waals surface area contributed by atoms with Gasteiger partial charge >= 0.3 is 6.03 Å². The molecule has 0 unspecified atom stereocenters. The van der Waals surface area contributed by atoms with Crippen molar-refractivity contribution in [3.05, 3.63) is 41.9 Å². The number of aromatic nitrogens is 2. The average molecular weight is 364 g/mol. The molecule has 3 rings (SSSR count). The lowest BCUT2D eigenvalue weighted by atomic mass is 10.2. The van der Waals surface area contributed by atoms with Crippen LogP contribution in [0.5, 0.6) is 0 Å². The maximum atomic E-state index is 12.2. The van der Waals surface area contributed by atoms with Gasteiger partial charge in [-0.25, -0.2) is 9.78 Å². The normalized spacial score (nSPS) is 14.4. The van der Waals surface area contributed by atoms with E-state index in [0.717, 1.165) is 31.7 Å². The van der Waals surface area contributed by atoms with Gasteiger partial charge in [-0.05, 0) is 24.6 Å². The molecular weight excluding hydrogens is 342 g/mol. The van der Waals surface area contributed by atoms with Gasteiger partial charge in [0, 0.05) is 43.6 Å². The molecule has 25 heavy (non-hydrogen) atoms. The molecule has 134 valence electrons. The monoisotopic (exact) mass is 363 g/mol. The molecule has 1 aromatic heterocycles. The van der Waals surface area contributed by atoms with E-state index in [4.69, 9.17) is 16.3 Å². The van der Waals surface area contributed by atoms with E-state index in [1.165, 1.54) is 0 Å². The number of ether oxygens (including phenoxy) is 1. The van der Waals surface area contributed by atoms with Gasteiger partial charge in [0.05, 0.1) is 30.9 Å². The lowest BCUT2D eigenvalue weighted by molar-refractivity contribution is 0.123. The number of rotatable bonds is 6. The van der Waals surface area contributed by atoms with Crippen LogP contribution in [0.15, 0.2) is 36.9 Å². The van der Waals surface area contributed by atoms with Crippen LogP contribution in [0.2, 0.25) is 5.02 Å². The first-order valence-electron chi connectivity index (χ1n) is 8.35.